The van der Waals surface area contributed by atoms with Crippen LogP contribution >= 0.6 is 11.8 Å². The zero-order chi connectivity index (χ0) is 24.4. The van der Waals surface area contributed by atoms with Crippen LogP contribution in [0.15, 0.2) is 57.8 Å². The van der Waals surface area contributed by atoms with E-state index in [2.05, 4.69) is 66.7 Å². The Kier molecular flexibility index (Phi) is 11.4. The van der Waals surface area contributed by atoms with Crippen LogP contribution in [0.25, 0.3) is 0 Å². The summed E-state index contributed by atoms with van der Waals surface area (Å²) in [7, 11) is 0. The molecule has 0 saturated heterocycles. The average molecular weight is 473 g/mol. The first-order valence-corrected chi connectivity index (χ1v) is 14.1. The van der Waals surface area contributed by atoms with Gasteiger partial charge in [0.15, 0.2) is 5.76 Å². The van der Waals surface area contributed by atoms with Crippen LogP contribution in [0.4, 0.5) is 0 Å². The van der Waals surface area contributed by atoms with Gasteiger partial charge in [-0.2, -0.15) is 11.8 Å². The van der Waals surface area contributed by atoms with Crippen LogP contribution in [-0.4, -0.2) is 16.1 Å². The number of aliphatic hydroxyl groups excluding tert-OH is 1. The highest BCUT2D eigenvalue weighted by atomic mass is 32.2. The molecule has 0 aromatic carbocycles. The fourth-order valence-electron chi connectivity index (χ4n) is 4.41. The van der Waals surface area contributed by atoms with Crippen LogP contribution in [0.5, 0.6) is 0 Å². The molecule has 33 heavy (non-hydrogen) atoms. The maximum absolute atomic E-state index is 11.4. The molecular weight excluding hydrogens is 424 g/mol. The first-order chi connectivity index (χ1) is 15.6. The highest BCUT2D eigenvalue weighted by molar-refractivity contribution is 8.00. The largest absolute Gasteiger partial charge is 0.504 e. The second-order valence-corrected chi connectivity index (χ2v) is 12.4. The monoisotopic (exact) mass is 472 g/mol. The number of ether oxygens (including phenoxy) is 1. The zero-order valence-electron chi connectivity index (χ0n) is 22.4. The Hall–Kier alpha value is -1.35. The molecule has 2 aliphatic carbocycles. The van der Waals surface area contributed by atoms with Crippen LogP contribution in [0.3, 0.4) is 0 Å². The van der Waals surface area contributed by atoms with E-state index in [1.807, 2.05) is 11.8 Å². The normalized spacial score (nSPS) is 20.4. The molecule has 1 saturated carbocycles. The Morgan fingerprint density at radius 3 is 2.33 bits per heavy atom. The van der Waals surface area contributed by atoms with Gasteiger partial charge in [0, 0.05) is 23.0 Å². The third-order valence-electron chi connectivity index (χ3n) is 6.52. The van der Waals surface area contributed by atoms with Crippen molar-refractivity contribution < 1.29 is 9.84 Å². The predicted molar refractivity (Wildman–Crippen MR) is 147 cm³/mol. The summed E-state index contributed by atoms with van der Waals surface area (Å²) in [6.45, 7) is 15.2. The second-order valence-electron chi connectivity index (χ2n) is 11.1. The molecule has 2 aliphatic rings. The summed E-state index contributed by atoms with van der Waals surface area (Å²) < 4.78 is 6.45. The molecule has 0 spiro atoms. The quantitative estimate of drug-likeness (QED) is 0.281. The van der Waals surface area contributed by atoms with E-state index >= 15 is 0 Å². The summed E-state index contributed by atoms with van der Waals surface area (Å²) >= 11 is 2.04. The van der Waals surface area contributed by atoms with Gasteiger partial charge in [0.1, 0.15) is 11.5 Å². The minimum atomic E-state index is 0.187. The van der Waals surface area contributed by atoms with Crippen molar-refractivity contribution >= 4 is 11.8 Å². The molecule has 0 atom stereocenters. The fourth-order valence-corrected chi connectivity index (χ4v) is 5.75. The van der Waals surface area contributed by atoms with Gasteiger partial charge in [0.05, 0.1) is 0 Å². The van der Waals surface area contributed by atoms with Gasteiger partial charge < -0.3 is 9.84 Å². The Labute approximate surface area is 208 Å². The first-order valence-electron chi connectivity index (χ1n) is 13.1. The lowest BCUT2D eigenvalue weighted by atomic mass is 9.91. The van der Waals surface area contributed by atoms with Crippen molar-refractivity contribution in [1.29, 1.82) is 0 Å². The van der Waals surface area contributed by atoms with Gasteiger partial charge in [-0.3, -0.25) is 0 Å². The van der Waals surface area contributed by atoms with Gasteiger partial charge in [-0.15, -0.1) is 0 Å². The van der Waals surface area contributed by atoms with Crippen LogP contribution < -0.4 is 0 Å². The predicted octanol–water partition coefficient (Wildman–Crippen LogP) is 9.96. The van der Waals surface area contributed by atoms with E-state index in [0.717, 1.165) is 35.5 Å². The molecule has 0 amide bonds. The number of thioether (sulfide) groups is 1. The summed E-state index contributed by atoms with van der Waals surface area (Å²) in [6, 6.07) is 0. The number of hydrogen-bond acceptors (Lipinski definition) is 3. The standard InChI is InChI=1S/C30H48O2S/c1-8-27(32-29-23(3)17-16-22(2)20-24(29)4)28(31)25(18-19-30(5,6)7)21-33-26-14-12-10-9-11-13-15-26/h16,18,20,26,31H,8-15,17,19,21H2,1-7H3/b25-18-,28-27-. The van der Waals surface area contributed by atoms with Crippen LogP contribution in [0.1, 0.15) is 113 Å². The molecule has 0 heterocycles. The third-order valence-corrected chi connectivity index (χ3v) is 7.94. The van der Waals surface area contributed by atoms with Gasteiger partial charge in [-0.25, -0.2) is 0 Å². The van der Waals surface area contributed by atoms with E-state index in [1.165, 1.54) is 56.1 Å². The number of hydrogen-bond donors (Lipinski definition) is 1. The minimum Gasteiger partial charge on any atom is -0.504 e. The molecule has 1 fully saturated rings. The van der Waals surface area contributed by atoms with E-state index in [0.29, 0.717) is 23.2 Å². The second kappa shape index (κ2) is 13.5. The summed E-state index contributed by atoms with van der Waals surface area (Å²) in [5.41, 5.74) is 4.83. The highest BCUT2D eigenvalue weighted by Gasteiger charge is 2.20. The van der Waals surface area contributed by atoms with Gasteiger partial charge in [-0.1, -0.05) is 83.6 Å². The maximum Gasteiger partial charge on any atom is 0.157 e. The van der Waals surface area contributed by atoms with Gasteiger partial charge in [-0.05, 0) is 63.0 Å². The van der Waals surface area contributed by atoms with E-state index < -0.39 is 0 Å². The lowest BCUT2D eigenvalue weighted by Crippen LogP contribution is -2.10. The van der Waals surface area contributed by atoms with Crippen molar-refractivity contribution in [3.8, 4) is 0 Å². The highest BCUT2D eigenvalue weighted by Crippen LogP contribution is 2.33. The molecule has 2 nitrogen and oxygen atoms in total. The first kappa shape index (κ1) is 27.9. The molecule has 0 radical (unpaired) electrons. The van der Waals surface area contributed by atoms with Gasteiger partial charge >= 0.3 is 0 Å². The molecule has 0 bridgehead atoms. The van der Waals surface area contributed by atoms with E-state index in [1.54, 1.807) is 0 Å². The molecule has 0 unspecified atom stereocenters. The molecule has 186 valence electrons. The average Bonchev–Trinajstić information content (AvgIpc) is 2.83. The number of rotatable bonds is 8. The van der Waals surface area contributed by atoms with Crippen molar-refractivity contribution in [1.82, 2.24) is 0 Å². The topological polar surface area (TPSA) is 29.5 Å². The fraction of sp³-hybridized carbons (Fsp3) is 0.667. The number of allylic oxidation sites excluding steroid dienone is 8. The molecule has 3 heteroatoms. The minimum absolute atomic E-state index is 0.187. The Balaban J connectivity index is 2.27. The lowest BCUT2D eigenvalue weighted by Gasteiger charge is -2.22. The molecule has 0 aromatic heterocycles. The van der Waals surface area contributed by atoms with Crippen molar-refractivity contribution in [2.45, 2.75) is 118 Å². The van der Waals surface area contributed by atoms with E-state index in [-0.39, 0.29) is 5.41 Å². The molecule has 2 rings (SSSR count). The van der Waals surface area contributed by atoms with Crippen molar-refractivity contribution in [2.24, 2.45) is 5.41 Å². The zero-order valence-corrected chi connectivity index (χ0v) is 23.2. The Bertz CT molecular complexity index is 794. The third kappa shape index (κ3) is 9.81. The van der Waals surface area contributed by atoms with Crippen LogP contribution in [-0.2, 0) is 4.74 Å². The van der Waals surface area contributed by atoms with E-state index in [9.17, 15) is 5.11 Å². The van der Waals surface area contributed by atoms with Crippen LogP contribution in [0, 0.1) is 5.41 Å². The van der Waals surface area contributed by atoms with Crippen molar-refractivity contribution in [2.75, 3.05) is 5.75 Å². The van der Waals surface area contributed by atoms with E-state index in [4.69, 9.17) is 4.74 Å². The summed E-state index contributed by atoms with van der Waals surface area (Å²) in [6.07, 6.45) is 18.6. The SMILES string of the molecule is CC/C(OC1=C(C)CC=C(C)C=C1C)=C(O)\C(=C/CC(C)(C)C)CSC1CCCCCCC1. The van der Waals surface area contributed by atoms with Crippen LogP contribution in [0.2, 0.25) is 0 Å². The van der Waals surface area contributed by atoms with Crippen molar-refractivity contribution in [3.05, 3.63) is 57.8 Å². The summed E-state index contributed by atoms with van der Waals surface area (Å²) in [5, 5.41) is 12.1. The summed E-state index contributed by atoms with van der Waals surface area (Å²) in [5.74, 6) is 2.80. The molecule has 0 aliphatic heterocycles. The lowest BCUT2D eigenvalue weighted by molar-refractivity contribution is 0.262. The molecule has 1 N–H and O–H groups in total. The summed E-state index contributed by atoms with van der Waals surface area (Å²) in [4.78, 5) is 0. The Morgan fingerprint density at radius 2 is 1.73 bits per heavy atom. The number of aliphatic hydroxyl groups is 1. The molecule has 0 aromatic rings. The Morgan fingerprint density at radius 1 is 1.09 bits per heavy atom. The van der Waals surface area contributed by atoms with Crippen molar-refractivity contribution in [3.63, 3.8) is 0 Å². The molecular formula is C30H48O2S. The maximum atomic E-state index is 11.4. The van der Waals surface area contributed by atoms with Gasteiger partial charge in [0.2, 0.25) is 0 Å². The van der Waals surface area contributed by atoms with Gasteiger partial charge in [0.25, 0.3) is 0 Å². The smallest absolute Gasteiger partial charge is 0.157 e.